The molecule has 1 heterocycles. The Morgan fingerprint density at radius 3 is 2.58 bits per heavy atom. The molecule has 1 aliphatic heterocycles. The van der Waals surface area contributed by atoms with Crippen LogP contribution >= 0.6 is 0 Å². The zero-order valence-corrected chi connectivity index (χ0v) is 12.4. The molecular weight excluding hydrogens is 234 g/mol. The van der Waals surface area contributed by atoms with Gasteiger partial charge >= 0.3 is 0 Å². The van der Waals surface area contributed by atoms with Crippen LogP contribution in [-0.4, -0.2) is 30.3 Å². The molecule has 0 atom stereocenters. The molecule has 2 heteroatoms. The molecule has 0 aromatic heterocycles. The molecule has 0 unspecified atom stereocenters. The number of rotatable bonds is 4. The molecule has 0 spiro atoms. The van der Waals surface area contributed by atoms with E-state index in [0.717, 1.165) is 5.56 Å². The average molecular weight is 259 g/mol. The number of ketones is 1. The first-order valence-corrected chi connectivity index (χ1v) is 7.46. The first-order chi connectivity index (χ1) is 9.13. The van der Waals surface area contributed by atoms with Crippen molar-refractivity contribution in [3.63, 3.8) is 0 Å². The third-order valence-corrected chi connectivity index (χ3v) is 4.32. The molecule has 19 heavy (non-hydrogen) atoms. The maximum atomic E-state index is 11.6. The van der Waals surface area contributed by atoms with Crippen molar-refractivity contribution in [1.29, 1.82) is 0 Å². The van der Waals surface area contributed by atoms with Gasteiger partial charge in [0.15, 0.2) is 5.78 Å². The SMILES string of the molecule is CCCN1CCC(c2cccc(C(C)=O)c2C)CC1. The molecule has 1 aliphatic rings. The van der Waals surface area contributed by atoms with Crippen molar-refractivity contribution in [1.82, 2.24) is 4.90 Å². The van der Waals surface area contributed by atoms with Crippen LogP contribution < -0.4 is 0 Å². The Morgan fingerprint density at radius 1 is 1.32 bits per heavy atom. The van der Waals surface area contributed by atoms with Crippen molar-refractivity contribution in [2.24, 2.45) is 0 Å². The summed E-state index contributed by atoms with van der Waals surface area (Å²) in [5.74, 6) is 0.815. The standard InChI is InChI=1S/C17H25NO/c1-4-10-18-11-8-15(9-12-18)17-7-5-6-16(13(17)2)14(3)19/h5-7,15H,4,8-12H2,1-3H3. The highest BCUT2D eigenvalue weighted by atomic mass is 16.1. The Morgan fingerprint density at radius 2 is 2.00 bits per heavy atom. The van der Waals surface area contributed by atoms with E-state index in [9.17, 15) is 4.79 Å². The molecule has 0 bridgehead atoms. The summed E-state index contributed by atoms with van der Waals surface area (Å²) in [7, 11) is 0. The van der Waals surface area contributed by atoms with Gasteiger partial charge in [-0.15, -0.1) is 0 Å². The van der Waals surface area contributed by atoms with Crippen LogP contribution in [0.1, 0.15) is 60.5 Å². The van der Waals surface area contributed by atoms with Crippen LogP contribution in [0.25, 0.3) is 0 Å². The number of hydrogen-bond acceptors (Lipinski definition) is 2. The minimum Gasteiger partial charge on any atom is -0.303 e. The third kappa shape index (κ3) is 3.24. The lowest BCUT2D eigenvalue weighted by atomic mass is 9.85. The largest absolute Gasteiger partial charge is 0.303 e. The second kappa shape index (κ2) is 6.33. The lowest BCUT2D eigenvalue weighted by molar-refractivity contribution is 0.101. The molecule has 1 aromatic carbocycles. The molecule has 0 radical (unpaired) electrons. The van der Waals surface area contributed by atoms with E-state index in [1.165, 1.54) is 50.0 Å². The highest BCUT2D eigenvalue weighted by molar-refractivity contribution is 5.95. The maximum absolute atomic E-state index is 11.6. The molecule has 2 rings (SSSR count). The Labute approximate surface area is 116 Å². The van der Waals surface area contributed by atoms with Gasteiger partial charge in [0, 0.05) is 5.56 Å². The van der Waals surface area contributed by atoms with Crippen LogP contribution in [0.4, 0.5) is 0 Å². The van der Waals surface area contributed by atoms with E-state index >= 15 is 0 Å². The summed E-state index contributed by atoms with van der Waals surface area (Å²) >= 11 is 0. The number of nitrogens with zero attached hydrogens (tertiary/aromatic N) is 1. The fraction of sp³-hybridized carbons (Fsp3) is 0.588. The van der Waals surface area contributed by atoms with Gasteiger partial charge in [-0.25, -0.2) is 0 Å². The summed E-state index contributed by atoms with van der Waals surface area (Å²) in [6.07, 6.45) is 3.69. The fourth-order valence-electron chi connectivity index (χ4n) is 3.26. The van der Waals surface area contributed by atoms with E-state index in [-0.39, 0.29) is 5.78 Å². The van der Waals surface area contributed by atoms with Gasteiger partial charge in [0.2, 0.25) is 0 Å². The molecule has 1 fully saturated rings. The van der Waals surface area contributed by atoms with Gasteiger partial charge < -0.3 is 4.90 Å². The van der Waals surface area contributed by atoms with Crippen LogP contribution in [-0.2, 0) is 0 Å². The molecule has 1 saturated heterocycles. The van der Waals surface area contributed by atoms with Crippen LogP contribution in [0.5, 0.6) is 0 Å². The summed E-state index contributed by atoms with van der Waals surface area (Å²) in [5.41, 5.74) is 3.49. The smallest absolute Gasteiger partial charge is 0.160 e. The van der Waals surface area contributed by atoms with Gasteiger partial charge in [-0.2, -0.15) is 0 Å². The highest BCUT2D eigenvalue weighted by Gasteiger charge is 2.22. The lowest BCUT2D eigenvalue weighted by Crippen LogP contribution is -2.33. The first kappa shape index (κ1) is 14.3. The molecule has 104 valence electrons. The average Bonchev–Trinajstić information content (AvgIpc) is 2.40. The van der Waals surface area contributed by atoms with Crippen molar-refractivity contribution in [2.45, 2.75) is 46.0 Å². The molecule has 0 saturated carbocycles. The first-order valence-electron chi connectivity index (χ1n) is 7.46. The summed E-state index contributed by atoms with van der Waals surface area (Å²) < 4.78 is 0. The quantitative estimate of drug-likeness (QED) is 0.767. The van der Waals surface area contributed by atoms with Gasteiger partial charge in [-0.1, -0.05) is 25.1 Å². The van der Waals surface area contributed by atoms with Gasteiger partial charge in [0.1, 0.15) is 0 Å². The summed E-state index contributed by atoms with van der Waals surface area (Å²) in [5, 5.41) is 0. The highest BCUT2D eigenvalue weighted by Crippen LogP contribution is 2.31. The topological polar surface area (TPSA) is 20.3 Å². The molecule has 0 N–H and O–H groups in total. The summed E-state index contributed by atoms with van der Waals surface area (Å²) in [6, 6.07) is 6.20. The van der Waals surface area contributed by atoms with Gasteiger partial charge in [-0.05, 0) is 69.8 Å². The Balaban J connectivity index is 2.11. The summed E-state index contributed by atoms with van der Waals surface area (Å²) in [4.78, 5) is 14.2. The summed E-state index contributed by atoms with van der Waals surface area (Å²) in [6.45, 7) is 9.62. The second-order valence-corrected chi connectivity index (χ2v) is 5.69. The third-order valence-electron chi connectivity index (χ3n) is 4.32. The van der Waals surface area contributed by atoms with Crippen molar-refractivity contribution in [3.8, 4) is 0 Å². The van der Waals surface area contributed by atoms with Crippen molar-refractivity contribution in [2.75, 3.05) is 19.6 Å². The van der Waals surface area contributed by atoms with Crippen molar-refractivity contribution < 1.29 is 4.79 Å². The molecular formula is C17H25NO. The second-order valence-electron chi connectivity index (χ2n) is 5.69. The van der Waals surface area contributed by atoms with Crippen LogP contribution in [0.15, 0.2) is 18.2 Å². The Kier molecular flexibility index (Phi) is 4.76. The fourth-order valence-corrected chi connectivity index (χ4v) is 3.26. The number of carbonyl (C=O) groups excluding carboxylic acids is 1. The lowest BCUT2D eigenvalue weighted by Gasteiger charge is -2.32. The van der Waals surface area contributed by atoms with E-state index in [1.54, 1.807) is 6.92 Å². The van der Waals surface area contributed by atoms with E-state index in [2.05, 4.69) is 24.8 Å². The molecule has 0 aliphatic carbocycles. The number of hydrogen-bond donors (Lipinski definition) is 0. The van der Waals surface area contributed by atoms with Gasteiger partial charge in [0.25, 0.3) is 0 Å². The van der Waals surface area contributed by atoms with Crippen molar-refractivity contribution >= 4 is 5.78 Å². The van der Waals surface area contributed by atoms with Gasteiger partial charge in [0.05, 0.1) is 0 Å². The Hall–Kier alpha value is -1.15. The number of carbonyl (C=O) groups is 1. The number of Topliss-reactive ketones (excluding diaryl/α,β-unsaturated/α-hetero) is 1. The molecule has 1 aromatic rings. The van der Waals surface area contributed by atoms with E-state index in [0.29, 0.717) is 5.92 Å². The van der Waals surface area contributed by atoms with Crippen LogP contribution in [0.2, 0.25) is 0 Å². The predicted molar refractivity (Wildman–Crippen MR) is 79.9 cm³/mol. The predicted octanol–water partition coefficient (Wildman–Crippen LogP) is 3.79. The van der Waals surface area contributed by atoms with Crippen LogP contribution in [0.3, 0.4) is 0 Å². The van der Waals surface area contributed by atoms with Gasteiger partial charge in [-0.3, -0.25) is 4.79 Å². The van der Waals surface area contributed by atoms with Crippen molar-refractivity contribution in [3.05, 3.63) is 34.9 Å². The van der Waals surface area contributed by atoms with E-state index in [1.807, 2.05) is 12.1 Å². The minimum atomic E-state index is 0.183. The number of piperidine rings is 1. The Bertz CT molecular complexity index is 445. The monoisotopic (exact) mass is 259 g/mol. The number of likely N-dealkylation sites (tertiary alicyclic amines) is 1. The normalized spacial score (nSPS) is 17.6. The zero-order valence-electron chi connectivity index (χ0n) is 12.4. The van der Waals surface area contributed by atoms with E-state index < -0.39 is 0 Å². The molecule has 2 nitrogen and oxygen atoms in total. The zero-order chi connectivity index (χ0) is 13.8. The number of benzene rings is 1. The van der Waals surface area contributed by atoms with Crippen LogP contribution in [0, 0.1) is 6.92 Å². The molecule has 0 amide bonds. The minimum absolute atomic E-state index is 0.183. The maximum Gasteiger partial charge on any atom is 0.160 e. The van der Waals surface area contributed by atoms with E-state index in [4.69, 9.17) is 0 Å².